The van der Waals surface area contributed by atoms with Crippen molar-refractivity contribution in [2.45, 2.75) is 6.61 Å². The van der Waals surface area contributed by atoms with Gasteiger partial charge in [-0.25, -0.2) is 4.79 Å². The molecular formula is C19H15N3O4. The monoisotopic (exact) mass is 349 g/mol. The highest BCUT2D eigenvalue weighted by atomic mass is 16.5. The van der Waals surface area contributed by atoms with Crippen LogP contribution in [0.4, 0.5) is 5.69 Å². The van der Waals surface area contributed by atoms with Crippen molar-refractivity contribution in [3.05, 3.63) is 83.9 Å². The zero-order chi connectivity index (χ0) is 18.4. The number of hydrogen-bond acceptors (Lipinski definition) is 5. The van der Waals surface area contributed by atoms with Gasteiger partial charge in [0.15, 0.2) is 0 Å². The van der Waals surface area contributed by atoms with Gasteiger partial charge < -0.3 is 15.2 Å². The van der Waals surface area contributed by atoms with Crippen LogP contribution in [0.25, 0.3) is 0 Å². The summed E-state index contributed by atoms with van der Waals surface area (Å²) in [5.41, 5.74) is 1.48. The molecule has 0 radical (unpaired) electrons. The Morgan fingerprint density at radius 3 is 2.62 bits per heavy atom. The predicted octanol–water partition coefficient (Wildman–Crippen LogP) is 3.01. The number of pyridine rings is 2. The van der Waals surface area contributed by atoms with E-state index < -0.39 is 11.9 Å². The highest BCUT2D eigenvalue weighted by molar-refractivity contribution is 6.03. The molecule has 0 fully saturated rings. The fraction of sp³-hybridized carbons (Fsp3) is 0.0526. The number of nitrogens with zero attached hydrogens (tertiary/aromatic N) is 2. The first-order valence-corrected chi connectivity index (χ1v) is 7.75. The van der Waals surface area contributed by atoms with E-state index in [2.05, 4.69) is 15.3 Å². The van der Waals surface area contributed by atoms with E-state index in [9.17, 15) is 9.59 Å². The van der Waals surface area contributed by atoms with E-state index in [1.165, 1.54) is 12.1 Å². The number of carbonyl (C=O) groups is 2. The van der Waals surface area contributed by atoms with Crippen molar-refractivity contribution < 1.29 is 19.4 Å². The molecule has 1 aromatic carbocycles. The molecule has 2 heterocycles. The average molecular weight is 349 g/mol. The molecule has 0 atom stereocenters. The van der Waals surface area contributed by atoms with Gasteiger partial charge in [0.2, 0.25) is 0 Å². The van der Waals surface area contributed by atoms with E-state index in [1.807, 2.05) is 18.2 Å². The standard InChI is InChI=1S/C19H15N3O4/c23-18(17-8-7-13(11-21-17)19(24)25)22-14-5-3-6-16(10-14)26-12-15-4-1-2-9-20-15/h1-11H,12H2,(H,22,23)(H,24,25). The molecule has 2 aromatic heterocycles. The molecule has 26 heavy (non-hydrogen) atoms. The maximum absolute atomic E-state index is 12.2. The maximum atomic E-state index is 12.2. The second-order valence-corrected chi connectivity index (χ2v) is 5.33. The highest BCUT2D eigenvalue weighted by Gasteiger charge is 2.10. The zero-order valence-electron chi connectivity index (χ0n) is 13.6. The van der Waals surface area contributed by atoms with Crippen LogP contribution >= 0.6 is 0 Å². The largest absolute Gasteiger partial charge is 0.487 e. The molecule has 0 aliphatic carbocycles. The van der Waals surface area contributed by atoms with Crippen LogP contribution in [0.5, 0.6) is 5.75 Å². The lowest BCUT2D eigenvalue weighted by Crippen LogP contribution is -2.14. The smallest absolute Gasteiger partial charge is 0.337 e. The number of carbonyl (C=O) groups excluding carboxylic acids is 1. The lowest BCUT2D eigenvalue weighted by atomic mass is 10.2. The average Bonchev–Trinajstić information content (AvgIpc) is 2.67. The third-order valence-corrected chi connectivity index (χ3v) is 3.45. The Balaban J connectivity index is 1.64. The minimum absolute atomic E-state index is 0.0199. The number of ether oxygens (including phenoxy) is 1. The summed E-state index contributed by atoms with van der Waals surface area (Å²) in [6.45, 7) is 0.316. The molecule has 0 unspecified atom stereocenters. The molecule has 130 valence electrons. The Bertz CT molecular complexity index is 912. The summed E-state index contributed by atoms with van der Waals surface area (Å²) in [5.74, 6) is -0.950. The van der Waals surface area contributed by atoms with Crippen molar-refractivity contribution in [1.29, 1.82) is 0 Å². The summed E-state index contributed by atoms with van der Waals surface area (Å²) in [6.07, 6.45) is 2.83. The van der Waals surface area contributed by atoms with E-state index in [0.717, 1.165) is 11.9 Å². The van der Waals surface area contributed by atoms with Gasteiger partial charge in [0.05, 0.1) is 11.3 Å². The van der Waals surface area contributed by atoms with Gasteiger partial charge in [-0.1, -0.05) is 12.1 Å². The molecule has 3 aromatic rings. The zero-order valence-corrected chi connectivity index (χ0v) is 13.6. The van der Waals surface area contributed by atoms with Gasteiger partial charge in [0.25, 0.3) is 5.91 Å². The van der Waals surface area contributed by atoms with Crippen LogP contribution in [-0.2, 0) is 6.61 Å². The number of aromatic carboxylic acids is 1. The third-order valence-electron chi connectivity index (χ3n) is 3.45. The predicted molar refractivity (Wildman–Crippen MR) is 94.2 cm³/mol. The molecule has 0 aliphatic heterocycles. The molecule has 0 saturated heterocycles. The van der Waals surface area contributed by atoms with Crippen LogP contribution in [-0.4, -0.2) is 27.0 Å². The van der Waals surface area contributed by atoms with Gasteiger partial charge in [-0.3, -0.25) is 14.8 Å². The Hall–Kier alpha value is -3.74. The van der Waals surface area contributed by atoms with Crippen LogP contribution in [0.1, 0.15) is 26.5 Å². The first-order chi connectivity index (χ1) is 12.6. The van der Waals surface area contributed by atoms with Crippen LogP contribution in [0.3, 0.4) is 0 Å². The van der Waals surface area contributed by atoms with Crippen molar-refractivity contribution in [3.63, 3.8) is 0 Å². The molecule has 0 spiro atoms. The van der Waals surface area contributed by atoms with Crippen molar-refractivity contribution in [2.24, 2.45) is 0 Å². The van der Waals surface area contributed by atoms with Crippen molar-refractivity contribution >= 4 is 17.6 Å². The van der Waals surface area contributed by atoms with Gasteiger partial charge in [-0.15, -0.1) is 0 Å². The summed E-state index contributed by atoms with van der Waals surface area (Å²) >= 11 is 0. The number of aromatic nitrogens is 2. The van der Waals surface area contributed by atoms with E-state index in [1.54, 1.807) is 30.5 Å². The van der Waals surface area contributed by atoms with Crippen LogP contribution in [0, 0.1) is 0 Å². The second kappa shape index (κ2) is 7.89. The molecule has 3 rings (SSSR count). The van der Waals surface area contributed by atoms with E-state index in [0.29, 0.717) is 18.0 Å². The number of hydrogen-bond donors (Lipinski definition) is 2. The lowest BCUT2D eigenvalue weighted by Gasteiger charge is -2.09. The van der Waals surface area contributed by atoms with Gasteiger partial charge in [0, 0.05) is 24.1 Å². The molecule has 0 aliphatic rings. The molecule has 0 saturated carbocycles. The van der Waals surface area contributed by atoms with Gasteiger partial charge >= 0.3 is 5.97 Å². The topological polar surface area (TPSA) is 101 Å². The maximum Gasteiger partial charge on any atom is 0.337 e. The van der Waals surface area contributed by atoms with Crippen molar-refractivity contribution in [2.75, 3.05) is 5.32 Å². The first-order valence-electron chi connectivity index (χ1n) is 7.75. The Morgan fingerprint density at radius 1 is 1.04 bits per heavy atom. The quantitative estimate of drug-likeness (QED) is 0.709. The normalized spacial score (nSPS) is 10.2. The molecule has 1 amide bonds. The van der Waals surface area contributed by atoms with Crippen LogP contribution in [0.2, 0.25) is 0 Å². The minimum Gasteiger partial charge on any atom is -0.487 e. The molecule has 7 nitrogen and oxygen atoms in total. The Kier molecular flexibility index (Phi) is 5.19. The molecule has 0 bridgehead atoms. The SMILES string of the molecule is O=C(O)c1ccc(C(=O)Nc2cccc(OCc3ccccn3)c2)nc1. The van der Waals surface area contributed by atoms with E-state index in [4.69, 9.17) is 9.84 Å². The van der Waals surface area contributed by atoms with E-state index >= 15 is 0 Å². The summed E-state index contributed by atoms with van der Waals surface area (Å²) in [5, 5.41) is 11.6. The number of carboxylic acid groups (broad SMARTS) is 1. The number of anilines is 1. The third kappa shape index (κ3) is 4.41. The van der Waals surface area contributed by atoms with Gasteiger partial charge in [-0.2, -0.15) is 0 Å². The molecule has 2 N–H and O–H groups in total. The summed E-state index contributed by atoms with van der Waals surface area (Å²) in [7, 11) is 0. The van der Waals surface area contributed by atoms with Crippen LogP contribution in [0.15, 0.2) is 67.0 Å². The Labute approximate surface area is 149 Å². The fourth-order valence-corrected chi connectivity index (χ4v) is 2.15. The second-order valence-electron chi connectivity index (χ2n) is 5.33. The number of amides is 1. The molecular weight excluding hydrogens is 334 g/mol. The van der Waals surface area contributed by atoms with Crippen molar-refractivity contribution in [3.8, 4) is 5.75 Å². The van der Waals surface area contributed by atoms with Crippen molar-refractivity contribution in [1.82, 2.24) is 9.97 Å². The minimum atomic E-state index is -1.10. The highest BCUT2D eigenvalue weighted by Crippen LogP contribution is 2.19. The summed E-state index contributed by atoms with van der Waals surface area (Å²) in [6, 6.07) is 15.2. The first kappa shape index (κ1) is 17.1. The molecule has 7 heteroatoms. The number of benzene rings is 1. The van der Waals surface area contributed by atoms with Gasteiger partial charge in [0.1, 0.15) is 18.1 Å². The van der Waals surface area contributed by atoms with E-state index in [-0.39, 0.29) is 11.3 Å². The van der Waals surface area contributed by atoms with Crippen LogP contribution < -0.4 is 10.1 Å². The Morgan fingerprint density at radius 2 is 1.92 bits per heavy atom. The fourth-order valence-electron chi connectivity index (χ4n) is 2.15. The summed E-state index contributed by atoms with van der Waals surface area (Å²) in [4.78, 5) is 31.1. The number of rotatable bonds is 6. The van der Waals surface area contributed by atoms with Gasteiger partial charge in [-0.05, 0) is 36.4 Å². The summed E-state index contributed by atoms with van der Waals surface area (Å²) < 4.78 is 5.67. The number of nitrogens with one attached hydrogen (secondary N) is 1. The lowest BCUT2D eigenvalue weighted by molar-refractivity contribution is 0.0695. The number of carboxylic acids is 1.